The van der Waals surface area contributed by atoms with Gasteiger partial charge in [0, 0.05) is 5.41 Å². The lowest BCUT2D eigenvalue weighted by molar-refractivity contribution is 0.184. The fourth-order valence-corrected chi connectivity index (χ4v) is 0.469. The van der Waals surface area contributed by atoms with Gasteiger partial charge >= 0.3 is 0 Å². The van der Waals surface area contributed by atoms with Gasteiger partial charge in [0.1, 0.15) is 12.7 Å². The van der Waals surface area contributed by atoms with E-state index in [9.17, 15) is 13.7 Å². The van der Waals surface area contributed by atoms with Crippen molar-refractivity contribution < 1.29 is 8.78 Å². The van der Waals surface area contributed by atoms with E-state index in [-0.39, 0.29) is 0 Å². The van der Waals surface area contributed by atoms with Crippen LogP contribution in [0.25, 0.3) is 0 Å². The Morgan fingerprint density at radius 3 is 2.10 bits per heavy atom. The van der Waals surface area contributed by atoms with Crippen molar-refractivity contribution in [2.75, 3.05) is 13.3 Å². The van der Waals surface area contributed by atoms with E-state index in [1.165, 1.54) is 13.8 Å². The third-order valence-electron chi connectivity index (χ3n) is 1.52. The zero-order chi connectivity index (χ0) is 8.20. The van der Waals surface area contributed by atoms with Gasteiger partial charge in [-0.2, -0.15) is 4.91 Å². The van der Waals surface area contributed by atoms with E-state index in [0.29, 0.717) is 0 Å². The van der Waals surface area contributed by atoms with Crippen LogP contribution < -0.4 is 0 Å². The summed E-state index contributed by atoms with van der Waals surface area (Å²) in [6.45, 7) is 1.32. The molecule has 0 heterocycles. The van der Waals surface area contributed by atoms with Crippen LogP contribution in [0.5, 0.6) is 0 Å². The minimum Gasteiger partial charge on any atom is -0.250 e. The quantitative estimate of drug-likeness (QED) is 0.565. The van der Waals surface area contributed by atoms with Gasteiger partial charge in [-0.1, -0.05) is 19.0 Å². The average Bonchev–Trinajstić information content (AvgIpc) is 1.90. The van der Waals surface area contributed by atoms with Gasteiger partial charge in [-0.15, -0.1) is 0 Å². The van der Waals surface area contributed by atoms with Crippen LogP contribution in [0.15, 0.2) is 5.18 Å². The highest BCUT2D eigenvalue weighted by molar-refractivity contribution is 4.82. The van der Waals surface area contributed by atoms with Crippen molar-refractivity contribution in [3.63, 3.8) is 0 Å². The molecule has 0 spiro atoms. The summed E-state index contributed by atoms with van der Waals surface area (Å²) in [5.74, 6) is 0. The van der Waals surface area contributed by atoms with Crippen LogP contribution in [0, 0.1) is 10.3 Å². The van der Waals surface area contributed by atoms with E-state index in [1.54, 1.807) is 0 Å². The summed E-state index contributed by atoms with van der Waals surface area (Å²) in [7, 11) is 0. The number of alkyl halides is 2. The summed E-state index contributed by atoms with van der Waals surface area (Å²) in [5.41, 5.74) is -0.962. The molecule has 0 rings (SSSR count). The topological polar surface area (TPSA) is 29.4 Å². The van der Waals surface area contributed by atoms with Gasteiger partial charge in [0.25, 0.3) is 0 Å². The van der Waals surface area contributed by atoms with Gasteiger partial charge in [0.05, 0.1) is 6.67 Å². The van der Waals surface area contributed by atoms with Crippen LogP contribution in [-0.2, 0) is 0 Å². The molecule has 4 heteroatoms. The maximum absolute atomic E-state index is 12.0. The second-order valence-electron chi connectivity index (χ2n) is 2.90. The summed E-state index contributed by atoms with van der Waals surface area (Å²) in [5, 5.41) is 2.48. The van der Waals surface area contributed by atoms with E-state index in [1.807, 2.05) is 0 Å². The summed E-state index contributed by atoms with van der Waals surface area (Å²) in [4.78, 5) is 9.88. The van der Waals surface area contributed by atoms with Crippen molar-refractivity contribution in [2.24, 2.45) is 10.6 Å². The number of rotatable bonds is 4. The second kappa shape index (κ2) is 3.58. The molecule has 0 saturated heterocycles. The molecule has 1 unspecified atom stereocenters. The Balaban J connectivity index is 4.10. The predicted octanol–water partition coefficient (Wildman–Crippen LogP) is 2.09. The molecule has 0 saturated carbocycles. The molecule has 10 heavy (non-hydrogen) atoms. The summed E-state index contributed by atoms with van der Waals surface area (Å²) < 4.78 is 23.9. The largest absolute Gasteiger partial charge is 0.250 e. The Morgan fingerprint density at radius 1 is 1.50 bits per heavy atom. The Kier molecular flexibility index (Phi) is 3.39. The first-order valence-corrected chi connectivity index (χ1v) is 3.03. The number of hydrogen-bond donors (Lipinski definition) is 0. The van der Waals surface area contributed by atoms with Crippen LogP contribution in [0.3, 0.4) is 0 Å². The van der Waals surface area contributed by atoms with Crippen LogP contribution in [0.2, 0.25) is 0 Å². The van der Waals surface area contributed by atoms with Crippen molar-refractivity contribution in [3.8, 4) is 0 Å². The van der Waals surface area contributed by atoms with E-state index in [4.69, 9.17) is 0 Å². The van der Waals surface area contributed by atoms with Gasteiger partial charge in [0.15, 0.2) is 0 Å². The zero-order valence-corrected chi connectivity index (χ0v) is 6.10. The Morgan fingerprint density at radius 2 is 2.00 bits per heavy atom. The maximum Gasteiger partial charge on any atom is 0.128 e. The van der Waals surface area contributed by atoms with E-state index >= 15 is 0 Å². The molecule has 0 aromatic heterocycles. The third-order valence-corrected chi connectivity index (χ3v) is 1.52. The van der Waals surface area contributed by atoms with Crippen LogP contribution in [-0.4, -0.2) is 19.4 Å². The molecular formula is C6H11F2NO. The zero-order valence-electron chi connectivity index (χ0n) is 6.10. The summed E-state index contributed by atoms with van der Waals surface area (Å²) in [6.07, 6.45) is 0. The first kappa shape index (κ1) is 9.46. The van der Waals surface area contributed by atoms with E-state index in [2.05, 4.69) is 5.18 Å². The van der Waals surface area contributed by atoms with Gasteiger partial charge in [-0.3, -0.25) is 4.39 Å². The van der Waals surface area contributed by atoms with E-state index in [0.717, 1.165) is 0 Å². The average molecular weight is 151 g/mol. The SMILES string of the molecule is CC(C)(CF)C(CF)N=O. The normalized spacial score (nSPS) is 14.8. The number of nitroso groups, excluding NO2 is 1. The lowest BCUT2D eigenvalue weighted by Crippen LogP contribution is -2.31. The van der Waals surface area contributed by atoms with Crippen molar-refractivity contribution in [1.29, 1.82) is 0 Å². The van der Waals surface area contributed by atoms with Crippen LogP contribution in [0.1, 0.15) is 13.8 Å². The van der Waals surface area contributed by atoms with Gasteiger partial charge in [-0.25, -0.2) is 4.39 Å². The lowest BCUT2D eigenvalue weighted by atomic mass is 9.87. The first-order valence-electron chi connectivity index (χ1n) is 3.03. The second-order valence-corrected chi connectivity index (χ2v) is 2.90. The third kappa shape index (κ3) is 2.01. The molecule has 0 radical (unpaired) electrons. The fourth-order valence-electron chi connectivity index (χ4n) is 0.469. The van der Waals surface area contributed by atoms with Crippen molar-refractivity contribution in [1.82, 2.24) is 0 Å². The lowest BCUT2D eigenvalue weighted by Gasteiger charge is -2.22. The van der Waals surface area contributed by atoms with Crippen LogP contribution in [0.4, 0.5) is 8.78 Å². The molecule has 0 amide bonds. The fraction of sp³-hybridized carbons (Fsp3) is 1.00. The summed E-state index contributed by atoms with van der Waals surface area (Å²) >= 11 is 0. The molecular weight excluding hydrogens is 140 g/mol. The van der Waals surface area contributed by atoms with Crippen molar-refractivity contribution >= 4 is 0 Å². The minimum absolute atomic E-state index is 0.729. The number of halogens is 2. The highest BCUT2D eigenvalue weighted by atomic mass is 19.1. The highest BCUT2D eigenvalue weighted by Gasteiger charge is 2.30. The Labute approximate surface area is 58.6 Å². The molecule has 0 N–H and O–H groups in total. The molecule has 0 fully saturated rings. The van der Waals surface area contributed by atoms with Crippen LogP contribution >= 0.6 is 0 Å². The summed E-state index contributed by atoms with van der Waals surface area (Å²) in [6, 6.07) is -1.06. The minimum atomic E-state index is -1.06. The Hall–Kier alpha value is -0.540. The molecule has 0 aromatic carbocycles. The first-order chi connectivity index (χ1) is 4.58. The van der Waals surface area contributed by atoms with E-state index < -0.39 is 24.8 Å². The standard InChI is InChI=1S/C6H11F2NO/c1-6(2,4-8)5(3-7)9-10/h5H,3-4H2,1-2H3. The molecule has 0 aromatic rings. The molecule has 0 aliphatic carbocycles. The molecule has 1 atom stereocenters. The number of nitrogens with zero attached hydrogens (tertiary/aromatic N) is 1. The number of hydrogen-bond acceptors (Lipinski definition) is 2. The van der Waals surface area contributed by atoms with Gasteiger partial charge in [-0.05, 0) is 0 Å². The Bertz CT molecular complexity index is 116. The predicted molar refractivity (Wildman–Crippen MR) is 35.3 cm³/mol. The van der Waals surface area contributed by atoms with Crippen molar-refractivity contribution in [3.05, 3.63) is 4.91 Å². The highest BCUT2D eigenvalue weighted by Crippen LogP contribution is 2.23. The molecule has 2 nitrogen and oxygen atoms in total. The molecule has 0 aliphatic heterocycles. The smallest absolute Gasteiger partial charge is 0.128 e. The van der Waals surface area contributed by atoms with Gasteiger partial charge < -0.3 is 0 Å². The van der Waals surface area contributed by atoms with Gasteiger partial charge in [0.2, 0.25) is 0 Å². The molecule has 0 aliphatic rings. The molecule has 60 valence electrons. The monoisotopic (exact) mass is 151 g/mol. The van der Waals surface area contributed by atoms with Crippen molar-refractivity contribution in [2.45, 2.75) is 19.9 Å². The maximum atomic E-state index is 12.0. The molecule has 0 bridgehead atoms.